The topological polar surface area (TPSA) is 9.23 Å². The second kappa shape index (κ2) is 6.93. The van der Waals surface area contributed by atoms with Gasteiger partial charge in [0.1, 0.15) is 0 Å². The van der Waals surface area contributed by atoms with Crippen LogP contribution in [-0.2, 0) is 4.74 Å². The van der Waals surface area contributed by atoms with Crippen LogP contribution in [-0.4, -0.2) is 55.4 Å². The standard InChI is InChI=1S/C10H5F17O/c1-28-3(6(13,14)15)2(4(11,7(16,17)18)8(19,20)21)5(12,9(22,23)24)10(25,26)27/h2-3H,1H3. The van der Waals surface area contributed by atoms with E-state index in [4.69, 9.17) is 0 Å². The van der Waals surface area contributed by atoms with E-state index in [0.717, 1.165) is 0 Å². The lowest BCUT2D eigenvalue weighted by Gasteiger charge is -2.47. The van der Waals surface area contributed by atoms with E-state index in [0.29, 0.717) is 0 Å². The van der Waals surface area contributed by atoms with E-state index in [-0.39, 0.29) is 0 Å². The number of hydrogen-bond donors (Lipinski definition) is 0. The monoisotopic (exact) mass is 464 g/mol. The Kier molecular flexibility index (Phi) is 6.62. The fourth-order valence-corrected chi connectivity index (χ4v) is 2.18. The molecule has 1 nitrogen and oxygen atoms in total. The average Bonchev–Trinajstić information content (AvgIpc) is 2.36. The van der Waals surface area contributed by atoms with Gasteiger partial charge in [-0.25, -0.2) is 8.78 Å². The fraction of sp³-hybridized carbons (Fsp3) is 1.00. The maximum Gasteiger partial charge on any atom is 0.432 e. The van der Waals surface area contributed by atoms with Gasteiger partial charge in [-0.15, -0.1) is 0 Å². The third kappa shape index (κ3) is 4.05. The molecule has 1 unspecified atom stereocenters. The maximum atomic E-state index is 13.9. The van der Waals surface area contributed by atoms with Crippen molar-refractivity contribution in [1.29, 1.82) is 0 Å². The number of ether oxygens (including phenoxy) is 1. The molecule has 0 saturated heterocycles. The van der Waals surface area contributed by atoms with Crippen molar-refractivity contribution in [2.45, 2.75) is 48.3 Å². The van der Waals surface area contributed by atoms with Crippen LogP contribution < -0.4 is 0 Å². The first-order valence-electron chi connectivity index (χ1n) is 6.06. The lowest BCUT2D eigenvalue weighted by Crippen LogP contribution is -2.74. The number of alkyl halides is 17. The number of rotatable bonds is 4. The van der Waals surface area contributed by atoms with Crippen LogP contribution >= 0.6 is 0 Å². The van der Waals surface area contributed by atoms with Crippen LogP contribution in [0, 0.1) is 5.92 Å². The molecule has 0 N–H and O–H groups in total. The lowest BCUT2D eigenvalue weighted by atomic mass is 9.71. The van der Waals surface area contributed by atoms with E-state index in [1.165, 1.54) is 0 Å². The minimum absolute atomic E-state index is 0.592. The summed E-state index contributed by atoms with van der Waals surface area (Å²) in [6.45, 7) is 0. The van der Waals surface area contributed by atoms with Crippen LogP contribution in [0.1, 0.15) is 0 Å². The molecule has 0 rings (SSSR count). The van der Waals surface area contributed by atoms with E-state index in [2.05, 4.69) is 4.74 Å². The summed E-state index contributed by atoms with van der Waals surface area (Å²) in [5.41, 5.74) is -16.0. The average molecular weight is 464 g/mol. The van der Waals surface area contributed by atoms with Crippen LogP contribution in [0.2, 0.25) is 0 Å². The molecule has 0 aromatic carbocycles. The number of methoxy groups -OCH3 is 1. The van der Waals surface area contributed by atoms with Crippen LogP contribution in [0.4, 0.5) is 74.6 Å². The summed E-state index contributed by atoms with van der Waals surface area (Å²) in [6.07, 6.45) is -44.1. The molecule has 0 fully saturated rings. The van der Waals surface area contributed by atoms with Crippen molar-refractivity contribution in [3.05, 3.63) is 0 Å². The van der Waals surface area contributed by atoms with Gasteiger partial charge in [-0.2, -0.15) is 65.9 Å². The van der Waals surface area contributed by atoms with E-state index >= 15 is 0 Å². The summed E-state index contributed by atoms with van der Waals surface area (Å²) in [7, 11) is -0.592. The summed E-state index contributed by atoms with van der Waals surface area (Å²) in [5.74, 6) is -6.59. The van der Waals surface area contributed by atoms with Gasteiger partial charge in [0.15, 0.2) is 6.10 Å². The smallest absolute Gasteiger partial charge is 0.371 e. The first kappa shape index (κ1) is 26.8. The van der Waals surface area contributed by atoms with Crippen molar-refractivity contribution < 1.29 is 79.4 Å². The molecule has 0 heterocycles. The van der Waals surface area contributed by atoms with Gasteiger partial charge < -0.3 is 4.74 Å². The van der Waals surface area contributed by atoms with Crippen molar-refractivity contribution in [2.75, 3.05) is 7.11 Å². The minimum atomic E-state index is -7.99. The Bertz CT molecular complexity index is 465. The highest BCUT2D eigenvalue weighted by Crippen LogP contribution is 2.63. The van der Waals surface area contributed by atoms with Crippen molar-refractivity contribution in [3.63, 3.8) is 0 Å². The molecule has 0 spiro atoms. The van der Waals surface area contributed by atoms with Crippen LogP contribution in [0.25, 0.3) is 0 Å². The molecule has 0 aromatic heterocycles. The van der Waals surface area contributed by atoms with Gasteiger partial charge in [-0.05, 0) is 0 Å². The SMILES string of the molecule is COC(C(C(F)(C(F)(F)F)C(F)(F)F)C(F)(C(F)(F)F)C(F)(F)F)C(F)(F)F. The van der Waals surface area contributed by atoms with Crippen molar-refractivity contribution in [3.8, 4) is 0 Å². The molecular weight excluding hydrogens is 459 g/mol. The molecule has 0 aliphatic heterocycles. The summed E-state index contributed by atoms with van der Waals surface area (Å²) in [6, 6.07) is 0. The molecule has 0 saturated carbocycles. The first-order valence-corrected chi connectivity index (χ1v) is 6.06. The minimum Gasteiger partial charge on any atom is -0.371 e. The summed E-state index contributed by atoms with van der Waals surface area (Å²) in [5, 5.41) is 0. The molecule has 18 heteroatoms. The zero-order valence-electron chi connectivity index (χ0n) is 12.5. The van der Waals surface area contributed by atoms with Crippen LogP contribution in [0.3, 0.4) is 0 Å². The van der Waals surface area contributed by atoms with E-state index < -0.39 is 61.4 Å². The van der Waals surface area contributed by atoms with Crippen molar-refractivity contribution >= 4 is 0 Å². The van der Waals surface area contributed by atoms with Gasteiger partial charge in [0.25, 0.3) is 0 Å². The molecule has 28 heavy (non-hydrogen) atoms. The highest BCUT2D eigenvalue weighted by Gasteiger charge is 2.90. The van der Waals surface area contributed by atoms with E-state index in [1.807, 2.05) is 0 Å². The second-order valence-electron chi connectivity index (χ2n) is 5.09. The van der Waals surface area contributed by atoms with E-state index in [9.17, 15) is 74.6 Å². The molecule has 0 aliphatic carbocycles. The highest BCUT2D eigenvalue weighted by molar-refractivity contribution is 5.16. The van der Waals surface area contributed by atoms with Gasteiger partial charge in [0.05, 0.1) is 5.92 Å². The Balaban J connectivity index is 7.59. The quantitative estimate of drug-likeness (QED) is 0.475. The second-order valence-corrected chi connectivity index (χ2v) is 5.09. The zero-order chi connectivity index (χ0) is 23.4. The molecule has 0 bridgehead atoms. The first-order chi connectivity index (χ1) is 11.8. The Morgan fingerprint density at radius 2 is 0.679 bits per heavy atom. The van der Waals surface area contributed by atoms with Gasteiger partial charge in [-0.1, -0.05) is 0 Å². The molecule has 0 aliphatic rings. The Labute approximate surface area is 142 Å². The van der Waals surface area contributed by atoms with Gasteiger partial charge in [0, 0.05) is 7.11 Å². The molecule has 0 aromatic rings. The van der Waals surface area contributed by atoms with Gasteiger partial charge in [0.2, 0.25) is 0 Å². The van der Waals surface area contributed by atoms with Crippen molar-refractivity contribution in [1.82, 2.24) is 0 Å². The van der Waals surface area contributed by atoms with Crippen LogP contribution in [0.5, 0.6) is 0 Å². The summed E-state index contributed by atoms with van der Waals surface area (Å²) < 4.78 is 220. The largest absolute Gasteiger partial charge is 0.432 e. The Hall–Kier alpha value is -1.23. The third-order valence-corrected chi connectivity index (χ3v) is 3.39. The molecule has 0 amide bonds. The van der Waals surface area contributed by atoms with Gasteiger partial charge in [-0.3, -0.25) is 0 Å². The Morgan fingerprint density at radius 3 is 0.786 bits per heavy atom. The molecule has 0 radical (unpaired) electrons. The highest BCUT2D eigenvalue weighted by atomic mass is 19.4. The number of hydrogen-bond acceptors (Lipinski definition) is 1. The van der Waals surface area contributed by atoms with Crippen LogP contribution in [0.15, 0.2) is 0 Å². The van der Waals surface area contributed by atoms with Crippen molar-refractivity contribution in [2.24, 2.45) is 5.92 Å². The predicted molar refractivity (Wildman–Crippen MR) is 52.2 cm³/mol. The maximum absolute atomic E-state index is 13.9. The number of halogens is 17. The molecule has 1 atom stereocenters. The Morgan fingerprint density at radius 1 is 0.464 bits per heavy atom. The summed E-state index contributed by atoms with van der Waals surface area (Å²) >= 11 is 0. The third-order valence-electron chi connectivity index (χ3n) is 3.39. The van der Waals surface area contributed by atoms with E-state index in [1.54, 1.807) is 0 Å². The summed E-state index contributed by atoms with van der Waals surface area (Å²) in [4.78, 5) is 0. The predicted octanol–water partition coefficient (Wildman–Crippen LogP) is 5.85. The molecular formula is C10H5F17O. The molecule has 170 valence electrons. The fourth-order valence-electron chi connectivity index (χ4n) is 2.18. The van der Waals surface area contributed by atoms with Gasteiger partial charge >= 0.3 is 42.2 Å². The zero-order valence-corrected chi connectivity index (χ0v) is 12.5. The normalized spacial score (nSPS) is 17.2. The lowest BCUT2D eigenvalue weighted by molar-refractivity contribution is -0.437.